The molecule has 1 aliphatic rings. The molecule has 0 saturated carbocycles. The summed E-state index contributed by atoms with van der Waals surface area (Å²) >= 11 is 0. The third kappa shape index (κ3) is 3.53. The van der Waals surface area contributed by atoms with E-state index in [4.69, 9.17) is 4.74 Å². The molecule has 3 rings (SSSR count). The van der Waals surface area contributed by atoms with E-state index in [1.54, 1.807) is 4.90 Å². The van der Waals surface area contributed by atoms with Gasteiger partial charge in [-0.15, -0.1) is 0 Å². The highest BCUT2D eigenvalue weighted by atomic mass is 16.6. The van der Waals surface area contributed by atoms with Gasteiger partial charge in [-0.1, -0.05) is 19.1 Å². The van der Waals surface area contributed by atoms with E-state index in [0.717, 1.165) is 30.9 Å². The number of ether oxygens (including phenoxy) is 1. The number of hydrogen-bond acceptors (Lipinski definition) is 4. The summed E-state index contributed by atoms with van der Waals surface area (Å²) in [5.74, 6) is 0. The standard InChI is InChI=1S/C17H22N4O2/c1-3-16-14(12-20(2)19-16)11-18-10-13-4-6-15(7-5-13)21-8-9-23-17(21)22/h4-7,12,18H,3,8-11H2,1-2H3. The zero-order chi connectivity index (χ0) is 16.2. The van der Waals surface area contributed by atoms with Gasteiger partial charge < -0.3 is 10.1 Å². The summed E-state index contributed by atoms with van der Waals surface area (Å²) in [5.41, 5.74) is 4.45. The molecule has 6 nitrogen and oxygen atoms in total. The van der Waals surface area contributed by atoms with Crippen LogP contribution in [0.5, 0.6) is 0 Å². The van der Waals surface area contributed by atoms with Crippen molar-refractivity contribution in [3.05, 3.63) is 47.3 Å². The molecule has 2 heterocycles. The molecular weight excluding hydrogens is 292 g/mol. The largest absolute Gasteiger partial charge is 0.447 e. The van der Waals surface area contributed by atoms with Gasteiger partial charge >= 0.3 is 6.09 Å². The average Bonchev–Trinajstić information content (AvgIpc) is 3.13. The number of carbonyl (C=O) groups is 1. The third-order valence-electron chi connectivity index (χ3n) is 3.98. The van der Waals surface area contributed by atoms with Crippen LogP contribution in [-0.2, 0) is 31.3 Å². The van der Waals surface area contributed by atoms with Gasteiger partial charge in [-0.25, -0.2) is 4.79 Å². The van der Waals surface area contributed by atoms with Crippen LogP contribution < -0.4 is 10.2 Å². The van der Waals surface area contributed by atoms with Gasteiger partial charge in [0.05, 0.1) is 12.2 Å². The highest BCUT2D eigenvalue weighted by Gasteiger charge is 2.23. The molecule has 1 aliphatic heterocycles. The number of rotatable bonds is 6. The van der Waals surface area contributed by atoms with Crippen LogP contribution in [0.25, 0.3) is 0 Å². The number of carbonyl (C=O) groups excluding carboxylic acids is 1. The highest BCUT2D eigenvalue weighted by molar-refractivity contribution is 5.89. The van der Waals surface area contributed by atoms with Gasteiger partial charge in [-0.05, 0) is 24.1 Å². The van der Waals surface area contributed by atoms with Gasteiger partial charge in [0.25, 0.3) is 0 Å². The monoisotopic (exact) mass is 314 g/mol. The summed E-state index contributed by atoms with van der Waals surface area (Å²) in [6.45, 7) is 4.79. The van der Waals surface area contributed by atoms with Gasteiger partial charge in [0.15, 0.2) is 0 Å². The molecular formula is C17H22N4O2. The topological polar surface area (TPSA) is 59.4 Å². The fourth-order valence-electron chi connectivity index (χ4n) is 2.79. The van der Waals surface area contributed by atoms with Gasteiger partial charge in [0, 0.05) is 37.6 Å². The van der Waals surface area contributed by atoms with Crippen molar-refractivity contribution in [3.8, 4) is 0 Å². The molecule has 2 aromatic rings. The number of hydrogen-bond donors (Lipinski definition) is 1. The molecule has 1 aromatic heterocycles. The number of cyclic esters (lactones) is 1. The Balaban J connectivity index is 1.55. The van der Waals surface area contributed by atoms with Crippen LogP contribution in [0.15, 0.2) is 30.5 Å². The van der Waals surface area contributed by atoms with E-state index in [1.807, 2.05) is 36.0 Å². The first-order valence-corrected chi connectivity index (χ1v) is 7.92. The smallest absolute Gasteiger partial charge is 0.414 e. The number of aryl methyl sites for hydroxylation is 2. The fourth-order valence-corrected chi connectivity index (χ4v) is 2.79. The van der Waals surface area contributed by atoms with E-state index < -0.39 is 0 Å². The Morgan fingerprint density at radius 2 is 2.04 bits per heavy atom. The van der Waals surface area contributed by atoms with Crippen LogP contribution in [0.4, 0.5) is 10.5 Å². The van der Waals surface area contributed by atoms with E-state index in [0.29, 0.717) is 13.2 Å². The van der Waals surface area contributed by atoms with Gasteiger partial charge in [-0.3, -0.25) is 9.58 Å². The predicted octanol–water partition coefficient (Wildman–Crippen LogP) is 2.23. The maximum absolute atomic E-state index is 11.5. The van der Waals surface area contributed by atoms with Crippen molar-refractivity contribution in [1.82, 2.24) is 15.1 Å². The van der Waals surface area contributed by atoms with Gasteiger partial charge in [0.1, 0.15) is 6.61 Å². The van der Waals surface area contributed by atoms with Gasteiger partial charge in [0.2, 0.25) is 0 Å². The number of aromatic nitrogens is 2. The normalized spacial score (nSPS) is 14.3. The molecule has 0 radical (unpaired) electrons. The lowest BCUT2D eigenvalue weighted by molar-refractivity contribution is 0.181. The van der Waals surface area contributed by atoms with E-state index in [9.17, 15) is 4.79 Å². The van der Waals surface area contributed by atoms with Crippen LogP contribution in [0.2, 0.25) is 0 Å². The Labute approximate surface area is 136 Å². The number of amides is 1. The van der Waals surface area contributed by atoms with E-state index in [1.165, 1.54) is 11.1 Å². The zero-order valence-corrected chi connectivity index (χ0v) is 13.6. The minimum absolute atomic E-state index is 0.264. The minimum Gasteiger partial charge on any atom is -0.447 e. The molecule has 1 saturated heterocycles. The maximum Gasteiger partial charge on any atom is 0.414 e. The van der Waals surface area contributed by atoms with Gasteiger partial charge in [-0.2, -0.15) is 5.10 Å². The van der Waals surface area contributed by atoms with E-state index in [-0.39, 0.29) is 6.09 Å². The highest BCUT2D eigenvalue weighted by Crippen LogP contribution is 2.19. The van der Waals surface area contributed by atoms with Crippen LogP contribution in [0.3, 0.4) is 0 Å². The van der Waals surface area contributed by atoms with Crippen molar-refractivity contribution >= 4 is 11.8 Å². The van der Waals surface area contributed by atoms with Crippen LogP contribution >= 0.6 is 0 Å². The summed E-state index contributed by atoms with van der Waals surface area (Å²) in [6, 6.07) is 8.01. The summed E-state index contributed by atoms with van der Waals surface area (Å²) in [6.07, 6.45) is 2.74. The lowest BCUT2D eigenvalue weighted by Crippen LogP contribution is -2.23. The Morgan fingerprint density at radius 3 is 2.70 bits per heavy atom. The summed E-state index contributed by atoms with van der Waals surface area (Å²) in [4.78, 5) is 13.2. The van der Waals surface area contributed by atoms with Crippen LogP contribution in [0.1, 0.15) is 23.7 Å². The second-order valence-corrected chi connectivity index (χ2v) is 5.66. The summed E-state index contributed by atoms with van der Waals surface area (Å²) < 4.78 is 6.82. The molecule has 1 fully saturated rings. The van der Waals surface area contributed by atoms with E-state index >= 15 is 0 Å². The fraction of sp³-hybridized carbons (Fsp3) is 0.412. The Kier molecular flexibility index (Phi) is 4.62. The molecule has 23 heavy (non-hydrogen) atoms. The average molecular weight is 314 g/mol. The number of anilines is 1. The summed E-state index contributed by atoms with van der Waals surface area (Å²) in [7, 11) is 1.95. The van der Waals surface area contributed by atoms with Crippen molar-refractivity contribution in [2.75, 3.05) is 18.1 Å². The molecule has 122 valence electrons. The first-order valence-electron chi connectivity index (χ1n) is 7.92. The first-order chi connectivity index (χ1) is 11.2. The molecule has 0 unspecified atom stereocenters. The molecule has 1 N–H and O–H groups in total. The number of benzene rings is 1. The lowest BCUT2D eigenvalue weighted by Gasteiger charge is -2.13. The molecule has 0 spiro atoms. The van der Waals surface area contributed by atoms with Crippen molar-refractivity contribution in [2.24, 2.45) is 7.05 Å². The van der Waals surface area contributed by atoms with Crippen molar-refractivity contribution in [1.29, 1.82) is 0 Å². The molecule has 0 aliphatic carbocycles. The van der Waals surface area contributed by atoms with E-state index in [2.05, 4.69) is 23.5 Å². The number of nitrogens with zero attached hydrogens (tertiary/aromatic N) is 3. The Bertz CT molecular complexity index is 678. The molecule has 0 bridgehead atoms. The van der Waals surface area contributed by atoms with Crippen molar-refractivity contribution in [2.45, 2.75) is 26.4 Å². The second kappa shape index (κ2) is 6.83. The third-order valence-corrected chi connectivity index (χ3v) is 3.98. The number of nitrogens with one attached hydrogen (secondary N) is 1. The second-order valence-electron chi connectivity index (χ2n) is 5.66. The lowest BCUT2D eigenvalue weighted by atomic mass is 10.1. The molecule has 1 aromatic carbocycles. The maximum atomic E-state index is 11.5. The SMILES string of the molecule is CCc1nn(C)cc1CNCc1ccc(N2CCOC2=O)cc1. The molecule has 6 heteroatoms. The first kappa shape index (κ1) is 15.6. The Hall–Kier alpha value is -2.34. The molecule has 0 atom stereocenters. The quantitative estimate of drug-likeness (QED) is 0.888. The van der Waals surface area contributed by atoms with Crippen molar-refractivity contribution in [3.63, 3.8) is 0 Å². The summed E-state index contributed by atoms with van der Waals surface area (Å²) in [5, 5.41) is 7.89. The van der Waals surface area contributed by atoms with Crippen LogP contribution in [-0.4, -0.2) is 29.0 Å². The predicted molar refractivity (Wildman–Crippen MR) is 88.3 cm³/mol. The van der Waals surface area contributed by atoms with Crippen molar-refractivity contribution < 1.29 is 9.53 Å². The minimum atomic E-state index is -0.264. The zero-order valence-electron chi connectivity index (χ0n) is 13.6. The molecule has 1 amide bonds. The van der Waals surface area contributed by atoms with Crippen LogP contribution in [0, 0.1) is 0 Å². The Morgan fingerprint density at radius 1 is 1.26 bits per heavy atom.